The van der Waals surface area contributed by atoms with Crippen molar-refractivity contribution in [2.75, 3.05) is 27.6 Å². The molecule has 0 bridgehead atoms. The van der Waals surface area contributed by atoms with E-state index in [9.17, 15) is 0 Å². The van der Waals surface area contributed by atoms with E-state index in [4.69, 9.17) is 18.9 Å². The van der Waals surface area contributed by atoms with Crippen LogP contribution in [0.25, 0.3) is 10.8 Å². The first-order valence-electron chi connectivity index (χ1n) is 9.55. The highest BCUT2D eigenvalue weighted by Crippen LogP contribution is 2.38. The normalized spacial score (nSPS) is 17.4. The summed E-state index contributed by atoms with van der Waals surface area (Å²) in [5.41, 5.74) is 3.90. The van der Waals surface area contributed by atoms with Gasteiger partial charge in [0.2, 0.25) is 6.79 Å². The Balaban J connectivity index is 1.48. The molecule has 0 spiro atoms. The van der Waals surface area contributed by atoms with Gasteiger partial charge >= 0.3 is 0 Å². The molecule has 0 aromatic heterocycles. The van der Waals surface area contributed by atoms with Crippen LogP contribution in [0.2, 0.25) is 0 Å². The monoisotopic (exact) mass is 377 g/mol. The first kappa shape index (κ1) is 17.2. The summed E-state index contributed by atoms with van der Waals surface area (Å²) >= 11 is 0. The van der Waals surface area contributed by atoms with E-state index in [1.807, 2.05) is 6.07 Å². The van der Waals surface area contributed by atoms with E-state index in [2.05, 4.69) is 41.7 Å². The van der Waals surface area contributed by atoms with E-state index in [0.717, 1.165) is 47.8 Å². The van der Waals surface area contributed by atoms with Crippen LogP contribution in [0.1, 0.15) is 22.7 Å². The van der Waals surface area contributed by atoms with Crippen molar-refractivity contribution in [1.82, 2.24) is 5.32 Å². The molecule has 0 saturated carbocycles. The highest BCUT2D eigenvalue weighted by atomic mass is 16.7. The van der Waals surface area contributed by atoms with E-state index in [0.29, 0.717) is 6.79 Å². The predicted octanol–water partition coefficient (Wildman–Crippen LogP) is 4.02. The Kier molecular flexibility index (Phi) is 4.24. The number of rotatable bonds is 4. The fourth-order valence-corrected chi connectivity index (χ4v) is 4.20. The number of methoxy groups -OCH3 is 2. The van der Waals surface area contributed by atoms with Gasteiger partial charge in [-0.2, -0.15) is 0 Å². The van der Waals surface area contributed by atoms with Crippen molar-refractivity contribution in [2.24, 2.45) is 0 Å². The molecule has 3 aromatic carbocycles. The first-order chi connectivity index (χ1) is 13.7. The lowest BCUT2D eigenvalue weighted by Crippen LogP contribution is -2.31. The second-order valence-corrected chi connectivity index (χ2v) is 7.25. The Hall–Kier alpha value is -2.92. The van der Waals surface area contributed by atoms with Crippen LogP contribution in [0.15, 0.2) is 42.5 Å². The van der Waals surface area contributed by atoms with Crippen LogP contribution in [0.4, 0.5) is 0 Å². The number of benzene rings is 3. The molecule has 1 N–H and O–H groups in total. The molecule has 0 amide bonds. The molecule has 0 radical (unpaired) electrons. The molecule has 0 aliphatic carbocycles. The largest absolute Gasteiger partial charge is 0.493 e. The third-order valence-corrected chi connectivity index (χ3v) is 5.64. The molecule has 2 heterocycles. The maximum absolute atomic E-state index is 5.53. The minimum Gasteiger partial charge on any atom is -0.493 e. The molecular formula is C23H23NO4. The lowest BCUT2D eigenvalue weighted by molar-refractivity contribution is 0.174. The van der Waals surface area contributed by atoms with E-state index in [1.165, 1.54) is 22.1 Å². The fraction of sp³-hybridized carbons (Fsp3) is 0.304. The zero-order valence-electron chi connectivity index (χ0n) is 16.1. The zero-order valence-corrected chi connectivity index (χ0v) is 16.1. The van der Waals surface area contributed by atoms with E-state index >= 15 is 0 Å². The summed E-state index contributed by atoms with van der Waals surface area (Å²) in [4.78, 5) is 0. The van der Waals surface area contributed by atoms with E-state index < -0.39 is 0 Å². The molecule has 1 unspecified atom stereocenters. The fourth-order valence-electron chi connectivity index (χ4n) is 4.20. The van der Waals surface area contributed by atoms with Crippen LogP contribution in [0.5, 0.6) is 23.0 Å². The molecule has 144 valence electrons. The van der Waals surface area contributed by atoms with Gasteiger partial charge in [-0.1, -0.05) is 18.2 Å². The van der Waals surface area contributed by atoms with Crippen molar-refractivity contribution in [2.45, 2.75) is 18.9 Å². The Morgan fingerprint density at radius 2 is 1.68 bits per heavy atom. The van der Waals surface area contributed by atoms with Gasteiger partial charge in [-0.3, -0.25) is 0 Å². The Labute approximate surface area is 164 Å². The molecule has 5 nitrogen and oxygen atoms in total. The van der Waals surface area contributed by atoms with Crippen LogP contribution >= 0.6 is 0 Å². The van der Waals surface area contributed by atoms with Gasteiger partial charge in [-0.05, 0) is 71.1 Å². The van der Waals surface area contributed by atoms with Crippen molar-refractivity contribution in [1.29, 1.82) is 0 Å². The average Bonchev–Trinajstić information content (AvgIpc) is 3.18. The Bertz CT molecular complexity index is 1050. The van der Waals surface area contributed by atoms with Gasteiger partial charge in [0.25, 0.3) is 0 Å². The number of ether oxygens (including phenoxy) is 4. The summed E-state index contributed by atoms with van der Waals surface area (Å²) in [5, 5.41) is 6.00. The number of fused-ring (bicyclic) bond motifs is 3. The maximum atomic E-state index is 5.53. The van der Waals surface area contributed by atoms with Crippen LogP contribution in [-0.2, 0) is 12.8 Å². The number of nitrogens with one attached hydrogen (secondary N) is 1. The third kappa shape index (κ3) is 2.92. The molecular weight excluding hydrogens is 354 g/mol. The topological polar surface area (TPSA) is 49.0 Å². The van der Waals surface area contributed by atoms with Crippen molar-refractivity contribution in [3.05, 3.63) is 59.2 Å². The summed E-state index contributed by atoms with van der Waals surface area (Å²) in [7, 11) is 3.37. The van der Waals surface area contributed by atoms with Crippen molar-refractivity contribution < 1.29 is 18.9 Å². The van der Waals surface area contributed by atoms with Crippen LogP contribution in [0.3, 0.4) is 0 Å². The maximum Gasteiger partial charge on any atom is 0.231 e. The molecule has 5 heteroatoms. The van der Waals surface area contributed by atoms with Crippen LogP contribution in [-0.4, -0.2) is 27.6 Å². The summed E-state index contributed by atoms with van der Waals surface area (Å²) < 4.78 is 22.0. The van der Waals surface area contributed by atoms with Crippen LogP contribution in [0, 0.1) is 0 Å². The van der Waals surface area contributed by atoms with Gasteiger partial charge in [0.05, 0.1) is 14.2 Å². The van der Waals surface area contributed by atoms with Gasteiger partial charge in [-0.15, -0.1) is 0 Å². The molecule has 0 saturated heterocycles. The van der Waals surface area contributed by atoms with Gasteiger partial charge in [0.15, 0.2) is 23.0 Å². The second kappa shape index (κ2) is 6.91. The van der Waals surface area contributed by atoms with Crippen molar-refractivity contribution in [3.63, 3.8) is 0 Å². The highest BCUT2D eigenvalue weighted by Gasteiger charge is 2.23. The molecule has 2 aliphatic rings. The molecule has 5 rings (SSSR count). The first-order valence-corrected chi connectivity index (χ1v) is 9.55. The van der Waals surface area contributed by atoms with Gasteiger partial charge in [0, 0.05) is 6.04 Å². The summed E-state index contributed by atoms with van der Waals surface area (Å²) in [5.74, 6) is 3.22. The molecule has 28 heavy (non-hydrogen) atoms. The molecule has 2 aliphatic heterocycles. The Morgan fingerprint density at radius 1 is 0.929 bits per heavy atom. The molecule has 1 atom stereocenters. The molecule has 3 aromatic rings. The van der Waals surface area contributed by atoms with Crippen molar-refractivity contribution >= 4 is 10.8 Å². The quantitative estimate of drug-likeness (QED) is 0.744. The number of hydrogen-bond acceptors (Lipinski definition) is 5. The Morgan fingerprint density at radius 3 is 2.46 bits per heavy atom. The van der Waals surface area contributed by atoms with Gasteiger partial charge in [0.1, 0.15) is 0 Å². The summed E-state index contributed by atoms with van der Waals surface area (Å²) in [6.45, 7) is 1.26. The van der Waals surface area contributed by atoms with Gasteiger partial charge in [-0.25, -0.2) is 0 Å². The van der Waals surface area contributed by atoms with Gasteiger partial charge < -0.3 is 24.3 Å². The minimum atomic E-state index is 0.245. The lowest BCUT2D eigenvalue weighted by atomic mass is 9.89. The average molecular weight is 377 g/mol. The lowest BCUT2D eigenvalue weighted by Gasteiger charge is -2.28. The standard InChI is InChI=1S/C23H23NO4/c1-25-20-10-16-5-6-24-19(18(16)12-21(20)26-2)8-14-3-4-15-9-22-23(28-13-27-22)11-17(15)7-14/h3-4,7,9-12,19,24H,5-6,8,13H2,1-2H3. The SMILES string of the molecule is COc1cc2c(cc1OC)C(Cc1ccc3cc4c(cc3c1)OCO4)NCC2. The van der Waals surface area contributed by atoms with E-state index in [-0.39, 0.29) is 6.04 Å². The summed E-state index contributed by atoms with van der Waals surface area (Å²) in [6, 6.07) is 15.2. The minimum absolute atomic E-state index is 0.245. The predicted molar refractivity (Wildman–Crippen MR) is 108 cm³/mol. The van der Waals surface area contributed by atoms with E-state index in [1.54, 1.807) is 14.2 Å². The zero-order chi connectivity index (χ0) is 19.1. The molecule has 0 fully saturated rings. The highest BCUT2D eigenvalue weighted by molar-refractivity contribution is 5.87. The van der Waals surface area contributed by atoms with Crippen LogP contribution < -0.4 is 24.3 Å². The number of hydrogen-bond donors (Lipinski definition) is 1. The van der Waals surface area contributed by atoms with Crippen molar-refractivity contribution in [3.8, 4) is 23.0 Å². The summed E-state index contributed by atoms with van der Waals surface area (Å²) in [6.07, 6.45) is 1.90. The smallest absolute Gasteiger partial charge is 0.231 e. The second-order valence-electron chi connectivity index (χ2n) is 7.25. The third-order valence-electron chi connectivity index (χ3n) is 5.64.